The highest BCUT2D eigenvalue weighted by Gasteiger charge is 2.20. The van der Waals surface area contributed by atoms with Gasteiger partial charge in [-0.2, -0.15) is 0 Å². The van der Waals surface area contributed by atoms with Crippen molar-refractivity contribution in [3.63, 3.8) is 0 Å². The van der Waals surface area contributed by atoms with E-state index in [-0.39, 0.29) is 22.4 Å². The molecule has 0 spiro atoms. The Labute approximate surface area is 129 Å². The van der Waals surface area contributed by atoms with E-state index in [9.17, 15) is 13.2 Å². The van der Waals surface area contributed by atoms with Crippen LogP contribution in [-0.4, -0.2) is 33.6 Å². The van der Waals surface area contributed by atoms with Gasteiger partial charge in [-0.25, -0.2) is 8.42 Å². The zero-order valence-corrected chi connectivity index (χ0v) is 13.3. The minimum Gasteiger partial charge on any atom is -0.379 e. The molecule has 1 saturated heterocycles. The van der Waals surface area contributed by atoms with Gasteiger partial charge in [0.05, 0.1) is 17.5 Å². The molecule has 1 amide bonds. The number of nitrogens with one attached hydrogen (secondary N) is 1. The maximum atomic E-state index is 12.2. The molecular weight excluding hydrogens is 314 g/mol. The van der Waals surface area contributed by atoms with Gasteiger partial charge in [0, 0.05) is 22.9 Å². The molecule has 1 aliphatic rings. The molecule has 1 aromatic carbocycles. The molecule has 0 radical (unpaired) electrons. The number of rotatable bonds is 4. The Morgan fingerprint density at radius 3 is 2.81 bits per heavy atom. The van der Waals surface area contributed by atoms with Crippen LogP contribution in [0.5, 0.6) is 0 Å². The largest absolute Gasteiger partial charge is 0.379 e. The Hall–Kier alpha value is -1.11. The predicted octanol–water partition coefficient (Wildman–Crippen LogP) is 2.09. The summed E-state index contributed by atoms with van der Waals surface area (Å²) in [6.45, 7) is 3.03. The second-order valence-electron chi connectivity index (χ2n) is 5.00. The van der Waals surface area contributed by atoms with Gasteiger partial charge in [-0.15, -0.1) is 0 Å². The van der Waals surface area contributed by atoms with Gasteiger partial charge in [-0.1, -0.05) is 13.0 Å². The number of carbonyl (C=O) groups is 1. The van der Waals surface area contributed by atoms with E-state index in [1.165, 1.54) is 6.07 Å². The van der Waals surface area contributed by atoms with Crippen molar-refractivity contribution in [2.75, 3.05) is 13.2 Å². The molecule has 21 heavy (non-hydrogen) atoms. The van der Waals surface area contributed by atoms with E-state index in [4.69, 9.17) is 15.4 Å². The van der Waals surface area contributed by atoms with Gasteiger partial charge in [0.2, 0.25) is 0 Å². The second-order valence-corrected chi connectivity index (χ2v) is 7.54. The van der Waals surface area contributed by atoms with Gasteiger partial charge >= 0.3 is 0 Å². The van der Waals surface area contributed by atoms with E-state index in [1.54, 1.807) is 12.1 Å². The lowest BCUT2D eigenvalue weighted by Gasteiger charge is -2.23. The molecule has 0 saturated carbocycles. The summed E-state index contributed by atoms with van der Waals surface area (Å²) in [5, 5.41) is 2.85. The molecule has 1 heterocycles. The van der Waals surface area contributed by atoms with Crippen LogP contribution < -0.4 is 5.32 Å². The zero-order chi connectivity index (χ0) is 15.5. The van der Waals surface area contributed by atoms with Crippen molar-refractivity contribution in [1.82, 2.24) is 5.32 Å². The standard InChI is InChI=1S/C14H18ClNO4S/c1-2-10-5-6-11(8-13(10)21(15,18)19)14(17)16-12-4-3-7-20-9-12/h5-6,8,12H,2-4,7,9H2,1H3,(H,16,17). The Kier molecular flexibility index (Phi) is 5.24. The number of hydrogen-bond acceptors (Lipinski definition) is 4. The minimum atomic E-state index is -3.87. The van der Waals surface area contributed by atoms with Gasteiger partial charge < -0.3 is 10.1 Å². The molecule has 1 atom stereocenters. The fourth-order valence-electron chi connectivity index (χ4n) is 2.34. The molecule has 1 fully saturated rings. The number of carbonyl (C=O) groups excluding carboxylic acids is 1. The first kappa shape index (κ1) is 16.3. The lowest BCUT2D eigenvalue weighted by Crippen LogP contribution is -2.40. The van der Waals surface area contributed by atoms with Crippen molar-refractivity contribution in [1.29, 1.82) is 0 Å². The van der Waals surface area contributed by atoms with Crippen LogP contribution in [0.2, 0.25) is 0 Å². The molecule has 0 bridgehead atoms. The van der Waals surface area contributed by atoms with E-state index in [0.29, 0.717) is 25.2 Å². The highest BCUT2D eigenvalue weighted by molar-refractivity contribution is 8.13. The molecular formula is C14H18ClNO4S. The van der Waals surface area contributed by atoms with E-state index in [1.807, 2.05) is 6.92 Å². The Bertz CT molecular complexity index is 624. The summed E-state index contributed by atoms with van der Waals surface area (Å²) in [6, 6.07) is 4.54. The summed E-state index contributed by atoms with van der Waals surface area (Å²) in [4.78, 5) is 12.2. The Morgan fingerprint density at radius 1 is 1.48 bits per heavy atom. The number of ether oxygens (including phenoxy) is 1. The average molecular weight is 332 g/mol. The zero-order valence-electron chi connectivity index (χ0n) is 11.8. The number of aryl methyl sites for hydroxylation is 1. The third-order valence-corrected chi connectivity index (χ3v) is 4.87. The molecule has 1 aromatic rings. The number of benzene rings is 1. The maximum Gasteiger partial charge on any atom is 0.261 e. The summed E-state index contributed by atoms with van der Waals surface area (Å²) in [6.07, 6.45) is 2.29. The first-order chi connectivity index (χ1) is 9.91. The van der Waals surface area contributed by atoms with Crippen molar-refractivity contribution >= 4 is 25.6 Å². The SMILES string of the molecule is CCc1ccc(C(=O)NC2CCCOC2)cc1S(=O)(=O)Cl. The van der Waals surface area contributed by atoms with Crippen LogP contribution in [0, 0.1) is 0 Å². The Morgan fingerprint density at radius 2 is 2.24 bits per heavy atom. The number of halogens is 1. The van der Waals surface area contributed by atoms with E-state index in [0.717, 1.165) is 12.8 Å². The summed E-state index contributed by atoms with van der Waals surface area (Å²) < 4.78 is 28.5. The number of hydrogen-bond donors (Lipinski definition) is 1. The Balaban J connectivity index is 2.21. The average Bonchev–Trinajstić information content (AvgIpc) is 2.46. The lowest BCUT2D eigenvalue weighted by atomic mass is 10.1. The fourth-order valence-corrected chi connectivity index (χ4v) is 3.56. The van der Waals surface area contributed by atoms with Gasteiger partial charge in [-0.05, 0) is 37.0 Å². The normalized spacial score (nSPS) is 19.2. The smallest absolute Gasteiger partial charge is 0.261 e. The van der Waals surface area contributed by atoms with Crippen molar-refractivity contribution in [3.05, 3.63) is 29.3 Å². The van der Waals surface area contributed by atoms with Gasteiger partial charge in [0.1, 0.15) is 0 Å². The van der Waals surface area contributed by atoms with Gasteiger partial charge in [0.15, 0.2) is 0 Å². The fraction of sp³-hybridized carbons (Fsp3) is 0.500. The predicted molar refractivity (Wildman–Crippen MR) is 80.2 cm³/mol. The summed E-state index contributed by atoms with van der Waals surface area (Å²) in [5.74, 6) is -0.310. The molecule has 2 rings (SSSR count). The molecule has 1 aliphatic heterocycles. The molecule has 0 aliphatic carbocycles. The van der Waals surface area contributed by atoms with E-state index in [2.05, 4.69) is 5.32 Å². The van der Waals surface area contributed by atoms with Crippen molar-refractivity contribution in [3.8, 4) is 0 Å². The summed E-state index contributed by atoms with van der Waals surface area (Å²) in [7, 11) is 1.56. The van der Waals surface area contributed by atoms with Crippen molar-refractivity contribution in [2.24, 2.45) is 0 Å². The molecule has 1 unspecified atom stereocenters. The second kappa shape index (κ2) is 6.77. The topological polar surface area (TPSA) is 72.5 Å². The van der Waals surface area contributed by atoms with Crippen LogP contribution in [0.3, 0.4) is 0 Å². The van der Waals surface area contributed by atoms with Crippen LogP contribution in [0.1, 0.15) is 35.7 Å². The van der Waals surface area contributed by atoms with Crippen molar-refractivity contribution < 1.29 is 17.9 Å². The third kappa shape index (κ3) is 4.18. The van der Waals surface area contributed by atoms with E-state index < -0.39 is 9.05 Å². The van der Waals surface area contributed by atoms with Gasteiger partial charge in [0.25, 0.3) is 15.0 Å². The van der Waals surface area contributed by atoms with Crippen LogP contribution >= 0.6 is 10.7 Å². The monoisotopic (exact) mass is 331 g/mol. The minimum absolute atomic E-state index is 0.000731. The molecule has 5 nitrogen and oxygen atoms in total. The van der Waals surface area contributed by atoms with Crippen LogP contribution in [0.4, 0.5) is 0 Å². The quantitative estimate of drug-likeness (QED) is 0.857. The van der Waals surface area contributed by atoms with E-state index >= 15 is 0 Å². The third-order valence-electron chi connectivity index (χ3n) is 3.47. The van der Waals surface area contributed by atoms with Crippen LogP contribution in [0.15, 0.2) is 23.1 Å². The lowest BCUT2D eigenvalue weighted by molar-refractivity contribution is 0.0624. The molecule has 1 N–H and O–H groups in total. The number of amides is 1. The van der Waals surface area contributed by atoms with Gasteiger partial charge in [-0.3, -0.25) is 4.79 Å². The highest BCUT2D eigenvalue weighted by Crippen LogP contribution is 2.22. The maximum absolute atomic E-state index is 12.2. The summed E-state index contributed by atoms with van der Waals surface area (Å²) in [5.41, 5.74) is 0.888. The first-order valence-electron chi connectivity index (χ1n) is 6.88. The molecule has 116 valence electrons. The van der Waals surface area contributed by atoms with Crippen LogP contribution in [-0.2, 0) is 20.2 Å². The molecule has 7 heteroatoms. The van der Waals surface area contributed by atoms with Crippen molar-refractivity contribution in [2.45, 2.75) is 37.1 Å². The summed E-state index contributed by atoms with van der Waals surface area (Å²) >= 11 is 0. The van der Waals surface area contributed by atoms with Crippen LogP contribution in [0.25, 0.3) is 0 Å². The molecule has 0 aromatic heterocycles. The highest BCUT2D eigenvalue weighted by atomic mass is 35.7. The first-order valence-corrected chi connectivity index (χ1v) is 9.19.